The van der Waals surface area contributed by atoms with E-state index in [1.54, 1.807) is 30.5 Å². The van der Waals surface area contributed by atoms with Crippen LogP contribution in [0.15, 0.2) is 66.4 Å². The molecule has 0 spiro atoms. The molecule has 128 valence electrons. The Bertz CT molecular complexity index is 972. The van der Waals surface area contributed by atoms with Crippen molar-refractivity contribution in [1.29, 1.82) is 5.26 Å². The first kappa shape index (κ1) is 17.9. The summed E-state index contributed by atoms with van der Waals surface area (Å²) in [6.07, 6.45) is 4.01. The van der Waals surface area contributed by atoms with Gasteiger partial charge in [-0.3, -0.25) is 10.1 Å². The lowest BCUT2D eigenvalue weighted by Gasteiger charge is -2.00. The lowest BCUT2D eigenvalue weighted by atomic mass is 10.1. The molecule has 1 heterocycles. The lowest BCUT2D eigenvalue weighted by Crippen LogP contribution is -2.13. The van der Waals surface area contributed by atoms with E-state index < -0.39 is 5.91 Å². The molecule has 0 saturated carbocycles. The number of thiazole rings is 1. The van der Waals surface area contributed by atoms with Crippen molar-refractivity contribution in [2.24, 2.45) is 0 Å². The van der Waals surface area contributed by atoms with E-state index in [1.807, 2.05) is 36.4 Å². The summed E-state index contributed by atoms with van der Waals surface area (Å²) in [6, 6.07) is 18.9. The van der Waals surface area contributed by atoms with Gasteiger partial charge in [-0.2, -0.15) is 5.26 Å². The minimum Gasteiger partial charge on any atom is -0.297 e. The lowest BCUT2D eigenvalue weighted by molar-refractivity contribution is -0.112. The Hall–Kier alpha value is -2.94. The van der Waals surface area contributed by atoms with E-state index in [0.717, 1.165) is 16.9 Å². The van der Waals surface area contributed by atoms with Gasteiger partial charge in [-0.15, -0.1) is 11.3 Å². The quantitative estimate of drug-likeness (QED) is 0.504. The molecule has 1 amide bonds. The van der Waals surface area contributed by atoms with Crippen molar-refractivity contribution in [3.8, 4) is 6.07 Å². The molecule has 0 saturated heterocycles. The molecule has 1 N–H and O–H groups in total. The van der Waals surface area contributed by atoms with E-state index in [1.165, 1.54) is 23.0 Å². The van der Waals surface area contributed by atoms with Gasteiger partial charge in [-0.1, -0.05) is 54.1 Å². The van der Waals surface area contributed by atoms with Crippen molar-refractivity contribution < 1.29 is 4.79 Å². The number of rotatable bonds is 5. The summed E-state index contributed by atoms with van der Waals surface area (Å²) in [4.78, 5) is 17.6. The predicted octanol–water partition coefficient (Wildman–Crippen LogP) is 4.93. The zero-order valence-corrected chi connectivity index (χ0v) is 15.2. The highest BCUT2D eigenvalue weighted by Gasteiger charge is 2.12. The number of nitrogens with one attached hydrogen (secondary N) is 1. The summed E-state index contributed by atoms with van der Waals surface area (Å²) in [6.45, 7) is 0. The smallest absolute Gasteiger partial charge is 0.268 e. The maximum atomic E-state index is 12.3. The molecule has 0 radical (unpaired) electrons. The fourth-order valence-electron chi connectivity index (χ4n) is 2.28. The third-order valence-electron chi connectivity index (χ3n) is 3.54. The normalized spacial score (nSPS) is 11.0. The number of benzene rings is 2. The second-order valence-electron chi connectivity index (χ2n) is 5.47. The molecule has 0 unspecified atom stereocenters. The molecule has 1 aromatic heterocycles. The molecule has 3 aromatic rings. The number of anilines is 1. The van der Waals surface area contributed by atoms with Gasteiger partial charge < -0.3 is 0 Å². The predicted molar refractivity (Wildman–Crippen MR) is 105 cm³/mol. The Labute approximate surface area is 160 Å². The molecule has 0 aliphatic rings. The third kappa shape index (κ3) is 4.79. The van der Waals surface area contributed by atoms with Crippen LogP contribution in [0.25, 0.3) is 6.08 Å². The minimum absolute atomic E-state index is 0.00660. The topological polar surface area (TPSA) is 65.8 Å². The van der Waals surface area contributed by atoms with Crippen molar-refractivity contribution in [3.63, 3.8) is 0 Å². The highest BCUT2D eigenvalue weighted by atomic mass is 35.5. The first-order valence-electron chi connectivity index (χ1n) is 7.81. The number of halogens is 1. The van der Waals surface area contributed by atoms with Crippen LogP contribution in [0, 0.1) is 11.3 Å². The maximum absolute atomic E-state index is 12.3. The molecule has 2 aromatic carbocycles. The largest absolute Gasteiger partial charge is 0.297 e. The van der Waals surface area contributed by atoms with Crippen LogP contribution in [0.3, 0.4) is 0 Å². The molecule has 3 rings (SSSR count). The minimum atomic E-state index is -0.483. The van der Waals surface area contributed by atoms with Crippen molar-refractivity contribution in [1.82, 2.24) is 4.98 Å². The number of aromatic nitrogens is 1. The molecule has 0 atom stereocenters. The third-order valence-corrected chi connectivity index (χ3v) is 4.71. The van der Waals surface area contributed by atoms with Crippen LogP contribution < -0.4 is 5.32 Å². The highest BCUT2D eigenvalue weighted by Crippen LogP contribution is 2.22. The van der Waals surface area contributed by atoms with Crippen LogP contribution in [0.2, 0.25) is 5.02 Å². The monoisotopic (exact) mass is 379 g/mol. The number of carbonyl (C=O) groups is 1. The van der Waals surface area contributed by atoms with Gasteiger partial charge in [0.25, 0.3) is 5.91 Å². The van der Waals surface area contributed by atoms with E-state index in [9.17, 15) is 10.1 Å². The fraction of sp³-hybridized carbons (Fsp3) is 0.0500. The summed E-state index contributed by atoms with van der Waals surface area (Å²) in [5.74, 6) is -0.483. The Kier molecular flexibility index (Phi) is 5.80. The van der Waals surface area contributed by atoms with E-state index in [-0.39, 0.29) is 5.57 Å². The summed E-state index contributed by atoms with van der Waals surface area (Å²) in [7, 11) is 0. The number of nitrogens with zero attached hydrogens (tertiary/aromatic N) is 2. The first-order chi connectivity index (χ1) is 12.6. The van der Waals surface area contributed by atoms with Gasteiger partial charge in [0, 0.05) is 22.5 Å². The second kappa shape index (κ2) is 8.43. The standard InChI is InChI=1S/C20H14ClN3OS/c21-17-8-6-15(7-9-17)10-16(12-22)19(25)24-20-23-13-18(26-20)11-14-4-2-1-3-5-14/h1-10,13H,11H2,(H,23,24,25). The van der Waals surface area contributed by atoms with Crippen molar-refractivity contribution in [2.75, 3.05) is 5.32 Å². The molecule has 0 aliphatic heterocycles. The fourth-order valence-corrected chi connectivity index (χ4v) is 3.25. The number of hydrogen-bond donors (Lipinski definition) is 1. The molecule has 0 bridgehead atoms. The molecular weight excluding hydrogens is 366 g/mol. The second-order valence-corrected chi connectivity index (χ2v) is 7.02. The molecule has 4 nitrogen and oxygen atoms in total. The van der Waals surface area contributed by atoms with Crippen molar-refractivity contribution in [3.05, 3.63) is 87.4 Å². The molecule has 0 fully saturated rings. The molecule has 26 heavy (non-hydrogen) atoms. The van der Waals surface area contributed by atoms with Crippen LogP contribution in [0.1, 0.15) is 16.0 Å². The Morgan fingerprint density at radius 2 is 1.92 bits per heavy atom. The van der Waals surface area contributed by atoms with Crippen LogP contribution >= 0.6 is 22.9 Å². The van der Waals surface area contributed by atoms with Crippen LogP contribution in [0.4, 0.5) is 5.13 Å². The summed E-state index contributed by atoms with van der Waals surface area (Å²) in [5.41, 5.74) is 1.91. The van der Waals surface area contributed by atoms with E-state index in [0.29, 0.717) is 10.2 Å². The van der Waals surface area contributed by atoms with Gasteiger partial charge in [0.2, 0.25) is 0 Å². The van der Waals surface area contributed by atoms with Crippen LogP contribution in [-0.2, 0) is 11.2 Å². The Balaban J connectivity index is 1.69. The summed E-state index contributed by atoms with van der Waals surface area (Å²) < 4.78 is 0. The highest BCUT2D eigenvalue weighted by molar-refractivity contribution is 7.15. The number of carbonyl (C=O) groups excluding carboxylic acids is 1. The van der Waals surface area contributed by atoms with Crippen molar-refractivity contribution >= 4 is 40.1 Å². The maximum Gasteiger partial charge on any atom is 0.268 e. The van der Waals surface area contributed by atoms with Crippen LogP contribution in [0.5, 0.6) is 0 Å². The average Bonchev–Trinajstić information content (AvgIpc) is 3.08. The molecule has 0 aliphatic carbocycles. The van der Waals surface area contributed by atoms with Gasteiger partial charge in [-0.25, -0.2) is 4.98 Å². The average molecular weight is 380 g/mol. The summed E-state index contributed by atoms with van der Waals surface area (Å²) >= 11 is 7.24. The Morgan fingerprint density at radius 3 is 2.62 bits per heavy atom. The zero-order valence-electron chi connectivity index (χ0n) is 13.6. The van der Waals surface area contributed by atoms with Gasteiger partial charge in [0.05, 0.1) is 0 Å². The van der Waals surface area contributed by atoms with Gasteiger partial charge >= 0.3 is 0 Å². The first-order valence-corrected chi connectivity index (χ1v) is 9.01. The SMILES string of the molecule is N#CC(=Cc1ccc(Cl)cc1)C(=O)Nc1ncc(Cc2ccccc2)s1. The van der Waals surface area contributed by atoms with E-state index in [4.69, 9.17) is 11.6 Å². The van der Waals surface area contributed by atoms with Gasteiger partial charge in [0.1, 0.15) is 11.6 Å². The van der Waals surface area contributed by atoms with Gasteiger partial charge in [0.15, 0.2) is 5.13 Å². The van der Waals surface area contributed by atoms with Crippen molar-refractivity contribution in [2.45, 2.75) is 6.42 Å². The van der Waals surface area contributed by atoms with E-state index >= 15 is 0 Å². The number of amides is 1. The molecular formula is C20H14ClN3OS. The molecule has 6 heteroatoms. The van der Waals surface area contributed by atoms with Crippen LogP contribution in [-0.4, -0.2) is 10.9 Å². The number of hydrogen-bond acceptors (Lipinski definition) is 4. The van der Waals surface area contributed by atoms with E-state index in [2.05, 4.69) is 10.3 Å². The number of nitriles is 1. The Morgan fingerprint density at radius 1 is 1.19 bits per heavy atom. The summed E-state index contributed by atoms with van der Waals surface area (Å²) in [5, 5.41) is 13.0. The van der Waals surface area contributed by atoms with Gasteiger partial charge in [-0.05, 0) is 29.3 Å². The zero-order chi connectivity index (χ0) is 18.4.